The molecule has 1 aromatic rings. The highest BCUT2D eigenvalue weighted by Crippen LogP contribution is 2.18. The van der Waals surface area contributed by atoms with Gasteiger partial charge in [0.1, 0.15) is 0 Å². The predicted octanol–water partition coefficient (Wildman–Crippen LogP) is 2.99. The number of hydrogen-bond donors (Lipinski definition) is 1. The highest BCUT2D eigenvalue weighted by molar-refractivity contribution is 5.17. The standard InChI is InChI=1S/C13H21N/c1-11(2)9-13(3,14)10-12-7-5-4-6-8-12/h4-8,11H,9-10,14H2,1-3H3/t13-/m1/s1. The van der Waals surface area contributed by atoms with Crippen molar-refractivity contribution in [1.82, 2.24) is 0 Å². The van der Waals surface area contributed by atoms with Gasteiger partial charge in [-0.25, -0.2) is 0 Å². The lowest BCUT2D eigenvalue weighted by atomic mass is 9.86. The van der Waals surface area contributed by atoms with Gasteiger partial charge in [0.05, 0.1) is 0 Å². The Labute approximate surface area is 87.3 Å². The predicted molar refractivity (Wildman–Crippen MR) is 62.2 cm³/mol. The lowest BCUT2D eigenvalue weighted by molar-refractivity contribution is 0.367. The fourth-order valence-electron chi connectivity index (χ4n) is 2.07. The molecule has 1 rings (SSSR count). The Morgan fingerprint density at radius 2 is 1.79 bits per heavy atom. The van der Waals surface area contributed by atoms with Crippen molar-refractivity contribution in [3.8, 4) is 0 Å². The molecule has 0 radical (unpaired) electrons. The lowest BCUT2D eigenvalue weighted by Gasteiger charge is -2.26. The highest BCUT2D eigenvalue weighted by Gasteiger charge is 2.19. The van der Waals surface area contributed by atoms with Crippen LogP contribution in [0.5, 0.6) is 0 Å². The maximum Gasteiger partial charge on any atom is 0.0168 e. The maximum atomic E-state index is 6.25. The number of benzene rings is 1. The van der Waals surface area contributed by atoms with Crippen molar-refractivity contribution in [1.29, 1.82) is 0 Å². The smallest absolute Gasteiger partial charge is 0.0168 e. The van der Waals surface area contributed by atoms with E-state index in [1.165, 1.54) is 5.56 Å². The normalized spacial score (nSPS) is 15.5. The molecule has 1 heteroatoms. The number of rotatable bonds is 4. The summed E-state index contributed by atoms with van der Waals surface area (Å²) in [5.74, 6) is 0.661. The van der Waals surface area contributed by atoms with Crippen molar-refractivity contribution >= 4 is 0 Å². The van der Waals surface area contributed by atoms with Crippen molar-refractivity contribution in [3.05, 3.63) is 35.9 Å². The van der Waals surface area contributed by atoms with Gasteiger partial charge in [0.15, 0.2) is 0 Å². The van der Waals surface area contributed by atoms with Crippen LogP contribution in [-0.4, -0.2) is 5.54 Å². The number of hydrogen-bond acceptors (Lipinski definition) is 1. The molecule has 0 saturated heterocycles. The molecule has 2 N–H and O–H groups in total. The molecular formula is C13H21N. The summed E-state index contributed by atoms with van der Waals surface area (Å²) in [6.07, 6.45) is 2.04. The van der Waals surface area contributed by atoms with Gasteiger partial charge in [-0.05, 0) is 31.2 Å². The molecule has 78 valence electrons. The Morgan fingerprint density at radius 3 is 2.29 bits per heavy atom. The zero-order chi connectivity index (χ0) is 10.6. The summed E-state index contributed by atoms with van der Waals surface area (Å²) in [5.41, 5.74) is 7.51. The summed E-state index contributed by atoms with van der Waals surface area (Å²) in [5, 5.41) is 0. The van der Waals surface area contributed by atoms with Crippen molar-refractivity contribution in [2.24, 2.45) is 11.7 Å². The van der Waals surface area contributed by atoms with Gasteiger partial charge in [0.25, 0.3) is 0 Å². The van der Waals surface area contributed by atoms with Crippen molar-refractivity contribution in [2.45, 2.75) is 39.2 Å². The van der Waals surface area contributed by atoms with E-state index in [-0.39, 0.29) is 5.54 Å². The topological polar surface area (TPSA) is 26.0 Å². The van der Waals surface area contributed by atoms with Gasteiger partial charge in [-0.15, -0.1) is 0 Å². The summed E-state index contributed by atoms with van der Waals surface area (Å²) in [6, 6.07) is 10.5. The van der Waals surface area contributed by atoms with Crippen LogP contribution in [0.15, 0.2) is 30.3 Å². The van der Waals surface area contributed by atoms with E-state index in [0.29, 0.717) is 5.92 Å². The molecule has 0 heterocycles. The molecular weight excluding hydrogens is 170 g/mol. The van der Waals surface area contributed by atoms with Crippen LogP contribution in [-0.2, 0) is 6.42 Å². The van der Waals surface area contributed by atoms with E-state index in [9.17, 15) is 0 Å². The fourth-order valence-corrected chi connectivity index (χ4v) is 2.07. The van der Waals surface area contributed by atoms with Crippen LogP contribution in [0.1, 0.15) is 32.8 Å². The summed E-state index contributed by atoms with van der Waals surface area (Å²) >= 11 is 0. The molecule has 1 atom stereocenters. The minimum Gasteiger partial charge on any atom is -0.325 e. The average molecular weight is 191 g/mol. The first-order chi connectivity index (χ1) is 6.49. The molecule has 0 aliphatic rings. The summed E-state index contributed by atoms with van der Waals surface area (Å²) < 4.78 is 0. The highest BCUT2D eigenvalue weighted by atomic mass is 14.7. The Kier molecular flexibility index (Phi) is 3.70. The van der Waals surface area contributed by atoms with Gasteiger partial charge in [0.2, 0.25) is 0 Å². The molecule has 0 saturated carbocycles. The average Bonchev–Trinajstić information content (AvgIpc) is 2.02. The zero-order valence-electron chi connectivity index (χ0n) is 9.46. The Bertz CT molecular complexity index is 262. The largest absolute Gasteiger partial charge is 0.325 e. The van der Waals surface area contributed by atoms with Crippen LogP contribution in [0.2, 0.25) is 0 Å². The van der Waals surface area contributed by atoms with E-state index < -0.39 is 0 Å². The Hall–Kier alpha value is -0.820. The van der Waals surface area contributed by atoms with Crippen molar-refractivity contribution < 1.29 is 0 Å². The molecule has 0 amide bonds. The van der Waals surface area contributed by atoms with Crippen LogP contribution < -0.4 is 5.73 Å². The summed E-state index contributed by atoms with van der Waals surface area (Å²) in [7, 11) is 0. The van der Waals surface area contributed by atoms with Gasteiger partial charge in [-0.1, -0.05) is 44.2 Å². The third kappa shape index (κ3) is 3.93. The van der Waals surface area contributed by atoms with Crippen molar-refractivity contribution in [3.63, 3.8) is 0 Å². The van der Waals surface area contributed by atoms with Gasteiger partial charge in [-0.3, -0.25) is 0 Å². The van der Waals surface area contributed by atoms with Crippen LogP contribution >= 0.6 is 0 Å². The van der Waals surface area contributed by atoms with Crippen LogP contribution in [0.4, 0.5) is 0 Å². The minimum atomic E-state index is -0.0739. The zero-order valence-corrected chi connectivity index (χ0v) is 9.46. The van der Waals surface area contributed by atoms with Crippen LogP contribution in [0, 0.1) is 5.92 Å². The first kappa shape index (κ1) is 11.3. The van der Waals surface area contributed by atoms with Crippen molar-refractivity contribution in [2.75, 3.05) is 0 Å². The third-order valence-corrected chi connectivity index (χ3v) is 2.33. The monoisotopic (exact) mass is 191 g/mol. The molecule has 0 aliphatic heterocycles. The van der Waals surface area contributed by atoms with Crippen LogP contribution in [0.3, 0.4) is 0 Å². The first-order valence-electron chi connectivity index (χ1n) is 5.32. The molecule has 0 aromatic heterocycles. The van der Waals surface area contributed by atoms with Gasteiger partial charge in [-0.2, -0.15) is 0 Å². The molecule has 1 aromatic carbocycles. The van der Waals surface area contributed by atoms with E-state index >= 15 is 0 Å². The second-order valence-corrected chi connectivity index (χ2v) is 4.91. The first-order valence-corrected chi connectivity index (χ1v) is 5.32. The molecule has 14 heavy (non-hydrogen) atoms. The molecule has 0 fully saturated rings. The van der Waals surface area contributed by atoms with E-state index in [1.807, 2.05) is 6.07 Å². The van der Waals surface area contributed by atoms with E-state index in [2.05, 4.69) is 45.0 Å². The Morgan fingerprint density at radius 1 is 1.21 bits per heavy atom. The lowest BCUT2D eigenvalue weighted by Crippen LogP contribution is -2.39. The summed E-state index contributed by atoms with van der Waals surface area (Å²) in [4.78, 5) is 0. The second-order valence-electron chi connectivity index (χ2n) is 4.91. The van der Waals surface area contributed by atoms with Gasteiger partial charge in [0, 0.05) is 5.54 Å². The fraction of sp³-hybridized carbons (Fsp3) is 0.538. The van der Waals surface area contributed by atoms with Gasteiger partial charge < -0.3 is 5.73 Å². The van der Waals surface area contributed by atoms with Crippen LogP contribution in [0.25, 0.3) is 0 Å². The van der Waals surface area contributed by atoms with E-state index in [0.717, 1.165) is 12.8 Å². The SMILES string of the molecule is CC(C)C[C@@](C)(N)Cc1ccccc1. The molecule has 1 nitrogen and oxygen atoms in total. The van der Waals surface area contributed by atoms with E-state index in [4.69, 9.17) is 5.73 Å². The molecule has 0 bridgehead atoms. The molecule has 0 unspecified atom stereocenters. The number of nitrogens with two attached hydrogens (primary N) is 1. The quantitative estimate of drug-likeness (QED) is 0.778. The summed E-state index contributed by atoms with van der Waals surface area (Å²) in [6.45, 7) is 6.58. The second kappa shape index (κ2) is 4.61. The third-order valence-electron chi connectivity index (χ3n) is 2.33. The minimum absolute atomic E-state index is 0.0739. The van der Waals surface area contributed by atoms with Gasteiger partial charge >= 0.3 is 0 Å². The van der Waals surface area contributed by atoms with E-state index in [1.54, 1.807) is 0 Å². The molecule has 0 spiro atoms. The maximum absolute atomic E-state index is 6.25. The molecule has 0 aliphatic carbocycles. The Balaban J connectivity index is 2.59.